The molecule has 3 radical (unpaired) electrons. The summed E-state index contributed by atoms with van der Waals surface area (Å²) in [6, 6.07) is 13.8. The van der Waals surface area contributed by atoms with E-state index in [1.165, 1.54) is 12.1 Å². The van der Waals surface area contributed by atoms with Crippen LogP contribution in [0.15, 0.2) is 53.4 Å². The molecule has 0 aliphatic rings. The van der Waals surface area contributed by atoms with Crippen LogP contribution in [-0.4, -0.2) is 123 Å². The fourth-order valence-electron chi connectivity index (χ4n) is 2.03. The van der Waals surface area contributed by atoms with Gasteiger partial charge in [-0.2, -0.15) is 8.42 Å². The molecule has 12 nitrogen and oxygen atoms in total. The molecule has 9 N–H and O–H groups in total. The monoisotopic (exact) mass is 526 g/mol. The van der Waals surface area contributed by atoms with Gasteiger partial charge < -0.3 is 38.5 Å². The molecular weight excluding hydrogens is 502 g/mol. The van der Waals surface area contributed by atoms with Crippen molar-refractivity contribution in [1.29, 1.82) is 0 Å². The van der Waals surface area contributed by atoms with Gasteiger partial charge in [-0.3, -0.25) is 9.01 Å². The van der Waals surface area contributed by atoms with Crippen LogP contribution in [0.3, 0.4) is 0 Å². The second-order valence-electron chi connectivity index (χ2n) is 6.22. The summed E-state index contributed by atoms with van der Waals surface area (Å²) in [7, 11) is -7.33. The van der Waals surface area contributed by atoms with Gasteiger partial charge >= 0.3 is 32.2 Å². The molecule has 3 aromatic rings. The summed E-state index contributed by atoms with van der Waals surface area (Å²) in [6.45, 7) is -1.21. The Hall–Kier alpha value is -1.42. The van der Waals surface area contributed by atoms with Gasteiger partial charge in [0.1, 0.15) is 5.82 Å². The molecule has 0 atom stereocenters. The molecule has 0 fully saturated rings. The summed E-state index contributed by atoms with van der Waals surface area (Å²) in [4.78, 5) is 21.6. The Balaban J connectivity index is -0.000000259. The number of nitrogens with one attached hydrogen (secondary N) is 1. The first kappa shape index (κ1) is 33.7. The fraction of sp³-hybridized carbons (Fsp3) is 0.235. The molecule has 0 unspecified atom stereocenters. The van der Waals surface area contributed by atoms with E-state index >= 15 is 0 Å². The number of aromatic amines is 1. The Kier molecular flexibility index (Phi) is 15.8. The first-order valence-electron chi connectivity index (χ1n) is 8.52. The fourth-order valence-corrected chi connectivity index (χ4v) is 2.54. The molecule has 0 saturated heterocycles. The van der Waals surface area contributed by atoms with Crippen LogP contribution in [0.4, 0.5) is 0 Å². The molecular formula is C17H25AlMgN3O9SSi. The molecule has 0 spiro atoms. The summed E-state index contributed by atoms with van der Waals surface area (Å²) in [5.41, 5.74) is 6.06. The van der Waals surface area contributed by atoms with Crippen molar-refractivity contribution in [2.24, 2.45) is 5.73 Å². The topological polar surface area (TPSA) is 227 Å². The van der Waals surface area contributed by atoms with Gasteiger partial charge in [0.05, 0.1) is 41.3 Å². The summed E-state index contributed by atoms with van der Waals surface area (Å²) in [5, 5.41) is 25.0. The Morgan fingerprint density at radius 2 is 1.52 bits per heavy atom. The van der Waals surface area contributed by atoms with Crippen LogP contribution in [0.2, 0.25) is 0 Å². The minimum atomic E-state index is -4.20. The normalized spacial score (nSPS) is 10.5. The molecule has 3 rings (SSSR count). The van der Waals surface area contributed by atoms with Crippen molar-refractivity contribution in [2.75, 3.05) is 19.8 Å². The second kappa shape index (κ2) is 15.5. The van der Waals surface area contributed by atoms with Crippen molar-refractivity contribution < 1.29 is 45.2 Å². The van der Waals surface area contributed by atoms with E-state index in [2.05, 4.69) is 9.97 Å². The first-order valence-corrected chi connectivity index (χ1v) is 11.3. The van der Waals surface area contributed by atoms with Crippen LogP contribution in [-0.2, 0) is 14.6 Å². The van der Waals surface area contributed by atoms with E-state index in [0.717, 1.165) is 5.56 Å². The number of imidazole rings is 1. The number of hydrogen-bond acceptors (Lipinski definition) is 8. The molecule has 0 saturated carbocycles. The predicted octanol–water partition coefficient (Wildman–Crippen LogP) is -2.01. The van der Waals surface area contributed by atoms with Crippen LogP contribution in [0.25, 0.3) is 22.4 Å². The van der Waals surface area contributed by atoms with Crippen molar-refractivity contribution in [1.82, 2.24) is 9.97 Å². The summed E-state index contributed by atoms with van der Waals surface area (Å²) in [5.74, 6) is 0.656. The number of nitrogens with zero attached hydrogens (tertiary/aromatic N) is 1. The third-order valence-electron chi connectivity index (χ3n) is 3.74. The minimum Gasteiger partial charge on any atom is -1.00 e. The second-order valence-corrected chi connectivity index (χ2v) is 8.21. The SMILES string of the molecule is NC(CO)(CO)CO.O=S(=O)(O)c1ccc2nc(-c3ccccc3)[nH]c2c1.O=[Si](O)O.[Al].[H-].[H-].[Mg+2]. The summed E-state index contributed by atoms with van der Waals surface area (Å²) in [6.07, 6.45) is 0. The van der Waals surface area contributed by atoms with Crippen molar-refractivity contribution in [3.63, 3.8) is 0 Å². The number of benzene rings is 2. The van der Waals surface area contributed by atoms with Crippen LogP contribution in [0.5, 0.6) is 0 Å². The van der Waals surface area contributed by atoms with Gasteiger partial charge in [-0.25, -0.2) is 4.98 Å². The average Bonchev–Trinajstić information content (AvgIpc) is 3.17. The molecule has 0 aliphatic carbocycles. The van der Waals surface area contributed by atoms with E-state index in [4.69, 9.17) is 39.7 Å². The standard InChI is InChI=1S/C13H10N2O3S.C4H11NO3.Al.Mg.H2O3Si.2H/c16-19(17,18)10-6-7-11-12(8-10)15-13(14-11)9-4-2-1-3-5-9;5-4(1-6,2-7)3-8;;;1-4(2)3;;/h1-8H,(H,14,15)(H,16,17,18);6-8H,1-3,5H2;;;1-2H;;/q;;;+2;;2*-1. The van der Waals surface area contributed by atoms with Crippen LogP contribution >= 0.6 is 0 Å². The smallest absolute Gasteiger partial charge is 1.00 e. The third kappa shape index (κ3) is 11.5. The molecule has 0 aliphatic heterocycles. The van der Waals surface area contributed by atoms with Crippen molar-refractivity contribution in [3.05, 3.63) is 48.5 Å². The Bertz CT molecular complexity index is 1100. The van der Waals surface area contributed by atoms with Gasteiger partial charge in [0.15, 0.2) is 0 Å². The van der Waals surface area contributed by atoms with Crippen LogP contribution < -0.4 is 5.73 Å². The van der Waals surface area contributed by atoms with E-state index in [9.17, 15) is 8.42 Å². The third-order valence-corrected chi connectivity index (χ3v) is 4.59. The average molecular weight is 527 g/mol. The number of fused-ring (bicyclic) bond motifs is 1. The molecule has 2 aromatic carbocycles. The number of rotatable bonds is 5. The molecule has 0 amide bonds. The van der Waals surface area contributed by atoms with Crippen LogP contribution in [0.1, 0.15) is 2.85 Å². The summed E-state index contributed by atoms with van der Waals surface area (Å²) >= 11 is 0. The number of aliphatic hydroxyl groups is 3. The first-order chi connectivity index (χ1) is 14.5. The van der Waals surface area contributed by atoms with Gasteiger partial charge in [0.2, 0.25) is 0 Å². The number of aromatic nitrogens is 2. The van der Waals surface area contributed by atoms with Crippen molar-refractivity contribution in [2.45, 2.75) is 10.4 Å². The van der Waals surface area contributed by atoms with Gasteiger partial charge in [-0.1, -0.05) is 30.3 Å². The largest absolute Gasteiger partial charge is 2.00 e. The predicted molar refractivity (Wildman–Crippen MR) is 124 cm³/mol. The van der Waals surface area contributed by atoms with E-state index in [-0.39, 0.29) is 48.2 Å². The minimum absolute atomic E-state index is 0. The zero-order chi connectivity index (χ0) is 23.7. The van der Waals surface area contributed by atoms with Crippen molar-refractivity contribution in [3.8, 4) is 11.4 Å². The Morgan fingerprint density at radius 3 is 1.91 bits per heavy atom. The zero-order valence-electron chi connectivity index (χ0n) is 19.4. The van der Waals surface area contributed by atoms with E-state index in [1.54, 1.807) is 6.07 Å². The number of aliphatic hydroxyl groups excluding tert-OH is 3. The van der Waals surface area contributed by atoms with E-state index < -0.39 is 44.6 Å². The number of H-pyrrole nitrogens is 1. The number of hydrogen-bond donors (Lipinski definition) is 8. The molecule has 0 bridgehead atoms. The van der Waals surface area contributed by atoms with Gasteiger partial charge in [-0.05, 0) is 18.2 Å². The number of nitrogens with two attached hydrogens (primary N) is 1. The van der Waals surface area contributed by atoms with Crippen LogP contribution in [0, 0.1) is 0 Å². The maximum absolute atomic E-state index is 11.1. The summed E-state index contributed by atoms with van der Waals surface area (Å²) < 4.78 is 39.9. The Morgan fingerprint density at radius 1 is 1.03 bits per heavy atom. The van der Waals surface area contributed by atoms with Crippen molar-refractivity contribution >= 4 is 70.7 Å². The van der Waals surface area contributed by atoms with Gasteiger partial charge in [0.25, 0.3) is 10.1 Å². The van der Waals surface area contributed by atoms with Gasteiger partial charge in [0, 0.05) is 22.9 Å². The quantitative estimate of drug-likeness (QED) is 0.134. The maximum Gasteiger partial charge on any atom is 2.00 e. The molecule has 33 heavy (non-hydrogen) atoms. The van der Waals surface area contributed by atoms with E-state index in [0.29, 0.717) is 16.9 Å². The molecule has 177 valence electrons. The molecule has 1 heterocycles. The maximum atomic E-state index is 11.1. The zero-order valence-corrected chi connectivity index (χ0v) is 21.8. The van der Waals surface area contributed by atoms with E-state index in [1.807, 2.05) is 30.3 Å². The molecule has 1 aromatic heterocycles. The molecule has 16 heteroatoms. The Labute approximate surface area is 221 Å². The van der Waals surface area contributed by atoms with Gasteiger partial charge in [-0.15, -0.1) is 0 Å².